The molecule has 0 spiro atoms. The van der Waals surface area contributed by atoms with Gasteiger partial charge in [-0.05, 0) is 57.1 Å². The fraction of sp³-hybridized carbons (Fsp3) is 0.700. The molecule has 1 fully saturated rings. The molecule has 1 nitrogen and oxygen atoms in total. The van der Waals surface area contributed by atoms with E-state index in [2.05, 4.69) is 43.4 Å². The van der Waals surface area contributed by atoms with Crippen LogP contribution in [-0.2, 0) is 6.42 Å². The summed E-state index contributed by atoms with van der Waals surface area (Å²) in [6.07, 6.45) is 12.4. The van der Waals surface area contributed by atoms with Crippen LogP contribution in [0.3, 0.4) is 0 Å². The van der Waals surface area contributed by atoms with E-state index in [0.29, 0.717) is 0 Å². The molecule has 1 heteroatoms. The Morgan fingerprint density at radius 3 is 2.33 bits per heavy atom. The first-order valence-corrected chi connectivity index (χ1v) is 9.08. The summed E-state index contributed by atoms with van der Waals surface area (Å²) in [6, 6.07) is 9.83. The summed E-state index contributed by atoms with van der Waals surface area (Å²) in [5, 5.41) is 3.85. The first-order valence-electron chi connectivity index (χ1n) is 9.08. The summed E-state index contributed by atoms with van der Waals surface area (Å²) in [6.45, 7) is 5.62. The Labute approximate surface area is 131 Å². The normalized spacial score (nSPS) is 18.4. The van der Waals surface area contributed by atoms with Crippen LogP contribution in [0, 0.1) is 12.8 Å². The third kappa shape index (κ3) is 5.82. The maximum atomic E-state index is 3.85. The van der Waals surface area contributed by atoms with Crippen LogP contribution in [0.2, 0.25) is 0 Å². The van der Waals surface area contributed by atoms with Crippen LogP contribution in [0.25, 0.3) is 0 Å². The van der Waals surface area contributed by atoms with Gasteiger partial charge < -0.3 is 5.32 Å². The van der Waals surface area contributed by atoms with E-state index in [-0.39, 0.29) is 0 Å². The molecular weight excluding hydrogens is 254 g/mol. The summed E-state index contributed by atoms with van der Waals surface area (Å²) >= 11 is 0. The maximum Gasteiger partial charge on any atom is 0.00984 e. The number of hydrogen-bond donors (Lipinski definition) is 1. The van der Waals surface area contributed by atoms with Crippen molar-refractivity contribution in [1.29, 1.82) is 0 Å². The molecule has 1 atom stereocenters. The van der Waals surface area contributed by atoms with Crippen LogP contribution in [0.1, 0.15) is 69.4 Å². The average Bonchev–Trinajstić information content (AvgIpc) is 2.78. The molecule has 1 unspecified atom stereocenters. The fourth-order valence-electron chi connectivity index (χ4n) is 3.62. The number of rotatable bonds is 7. The molecule has 1 aromatic rings. The van der Waals surface area contributed by atoms with Gasteiger partial charge in [-0.15, -0.1) is 0 Å². The summed E-state index contributed by atoms with van der Waals surface area (Å²) in [7, 11) is 0. The standard InChI is InChI=1S/C20H33N/c1-3-16-21-20(19-8-6-4-5-7-9-19)15-14-18-12-10-17(2)11-13-18/h10-13,19-21H,3-9,14-16H2,1-2H3. The smallest absolute Gasteiger partial charge is 0.00984 e. The molecule has 0 amide bonds. The highest BCUT2D eigenvalue weighted by Crippen LogP contribution is 2.27. The van der Waals surface area contributed by atoms with Crippen molar-refractivity contribution in [1.82, 2.24) is 5.32 Å². The third-order valence-corrected chi connectivity index (χ3v) is 4.99. The summed E-state index contributed by atoms with van der Waals surface area (Å²) in [4.78, 5) is 0. The Balaban J connectivity index is 1.89. The molecule has 1 saturated carbocycles. The van der Waals surface area contributed by atoms with Crippen molar-refractivity contribution < 1.29 is 0 Å². The first-order chi connectivity index (χ1) is 10.3. The minimum atomic E-state index is 0.726. The molecule has 21 heavy (non-hydrogen) atoms. The Kier molecular flexibility index (Phi) is 7.29. The minimum Gasteiger partial charge on any atom is -0.314 e. The zero-order chi connectivity index (χ0) is 14.9. The molecule has 118 valence electrons. The maximum absolute atomic E-state index is 3.85. The van der Waals surface area contributed by atoms with Crippen LogP contribution in [-0.4, -0.2) is 12.6 Å². The van der Waals surface area contributed by atoms with Crippen LogP contribution < -0.4 is 5.32 Å². The molecule has 1 aliphatic rings. The van der Waals surface area contributed by atoms with Gasteiger partial charge in [-0.25, -0.2) is 0 Å². The molecule has 0 radical (unpaired) electrons. The first kappa shape index (κ1) is 16.5. The monoisotopic (exact) mass is 287 g/mol. The zero-order valence-electron chi connectivity index (χ0n) is 14.0. The second-order valence-electron chi connectivity index (χ2n) is 6.84. The van der Waals surface area contributed by atoms with Gasteiger partial charge in [-0.3, -0.25) is 0 Å². The van der Waals surface area contributed by atoms with E-state index in [1.165, 1.54) is 75.5 Å². The van der Waals surface area contributed by atoms with Gasteiger partial charge >= 0.3 is 0 Å². The van der Waals surface area contributed by atoms with Crippen LogP contribution in [0.4, 0.5) is 0 Å². The highest BCUT2D eigenvalue weighted by molar-refractivity contribution is 5.21. The molecule has 1 N–H and O–H groups in total. The van der Waals surface area contributed by atoms with Gasteiger partial charge in [0.1, 0.15) is 0 Å². The van der Waals surface area contributed by atoms with E-state index in [1.807, 2.05) is 0 Å². The highest BCUT2D eigenvalue weighted by atomic mass is 14.9. The molecule has 1 aromatic carbocycles. The highest BCUT2D eigenvalue weighted by Gasteiger charge is 2.21. The Hall–Kier alpha value is -0.820. The van der Waals surface area contributed by atoms with Gasteiger partial charge in [-0.1, -0.05) is 62.4 Å². The summed E-state index contributed by atoms with van der Waals surface area (Å²) < 4.78 is 0. The number of hydrogen-bond acceptors (Lipinski definition) is 1. The van der Waals surface area contributed by atoms with Gasteiger partial charge in [0.25, 0.3) is 0 Å². The van der Waals surface area contributed by atoms with E-state index in [9.17, 15) is 0 Å². The third-order valence-electron chi connectivity index (χ3n) is 4.99. The molecule has 2 rings (SSSR count). The predicted molar refractivity (Wildman–Crippen MR) is 92.8 cm³/mol. The van der Waals surface area contributed by atoms with Crippen molar-refractivity contribution in [3.05, 3.63) is 35.4 Å². The average molecular weight is 287 g/mol. The SMILES string of the molecule is CCCNC(CCc1ccc(C)cc1)C1CCCCCC1. The molecule has 0 heterocycles. The molecule has 1 aliphatic carbocycles. The Morgan fingerprint density at radius 2 is 1.71 bits per heavy atom. The molecule has 0 bridgehead atoms. The van der Waals surface area contributed by atoms with Gasteiger partial charge in [0, 0.05) is 6.04 Å². The molecule has 0 saturated heterocycles. The van der Waals surface area contributed by atoms with Crippen molar-refractivity contribution >= 4 is 0 Å². The van der Waals surface area contributed by atoms with Crippen LogP contribution in [0.15, 0.2) is 24.3 Å². The number of nitrogens with one attached hydrogen (secondary N) is 1. The van der Waals surface area contributed by atoms with Gasteiger partial charge in [0.05, 0.1) is 0 Å². The van der Waals surface area contributed by atoms with Gasteiger partial charge in [0.2, 0.25) is 0 Å². The fourth-order valence-corrected chi connectivity index (χ4v) is 3.62. The zero-order valence-corrected chi connectivity index (χ0v) is 14.0. The lowest BCUT2D eigenvalue weighted by Crippen LogP contribution is -2.37. The van der Waals surface area contributed by atoms with E-state index >= 15 is 0 Å². The van der Waals surface area contributed by atoms with Gasteiger partial charge in [0.15, 0.2) is 0 Å². The van der Waals surface area contributed by atoms with Crippen molar-refractivity contribution in [3.8, 4) is 0 Å². The number of benzene rings is 1. The van der Waals surface area contributed by atoms with E-state index in [1.54, 1.807) is 0 Å². The Bertz CT molecular complexity index is 373. The lowest BCUT2D eigenvalue weighted by atomic mass is 9.88. The molecule has 0 aliphatic heterocycles. The van der Waals surface area contributed by atoms with E-state index < -0.39 is 0 Å². The van der Waals surface area contributed by atoms with Crippen molar-refractivity contribution in [3.63, 3.8) is 0 Å². The predicted octanol–water partition coefficient (Wildman–Crippen LogP) is 5.27. The van der Waals surface area contributed by atoms with E-state index in [4.69, 9.17) is 0 Å². The summed E-state index contributed by atoms with van der Waals surface area (Å²) in [5.74, 6) is 0.907. The van der Waals surface area contributed by atoms with Crippen molar-refractivity contribution in [2.75, 3.05) is 6.54 Å². The van der Waals surface area contributed by atoms with Gasteiger partial charge in [-0.2, -0.15) is 0 Å². The largest absolute Gasteiger partial charge is 0.314 e. The topological polar surface area (TPSA) is 12.0 Å². The van der Waals surface area contributed by atoms with E-state index in [0.717, 1.165) is 12.0 Å². The second-order valence-corrected chi connectivity index (χ2v) is 6.84. The van der Waals surface area contributed by atoms with Crippen LogP contribution >= 0.6 is 0 Å². The quantitative estimate of drug-likeness (QED) is 0.674. The lowest BCUT2D eigenvalue weighted by Gasteiger charge is -2.27. The van der Waals surface area contributed by atoms with Crippen LogP contribution in [0.5, 0.6) is 0 Å². The lowest BCUT2D eigenvalue weighted by molar-refractivity contribution is 0.305. The molecular formula is C20H33N. The minimum absolute atomic E-state index is 0.726. The summed E-state index contributed by atoms with van der Waals surface area (Å²) in [5.41, 5.74) is 2.86. The van der Waals surface area contributed by atoms with Crippen molar-refractivity contribution in [2.45, 2.75) is 77.7 Å². The Morgan fingerprint density at radius 1 is 1.05 bits per heavy atom. The second kappa shape index (κ2) is 9.25. The van der Waals surface area contributed by atoms with Crippen molar-refractivity contribution in [2.24, 2.45) is 5.92 Å². The molecule has 0 aromatic heterocycles. The number of aryl methyl sites for hydroxylation is 2.